The minimum absolute atomic E-state index is 0.101. The SMILES string of the molecule is CCOc1ccccc1-c1nc(CN(CCO)Cc2ccccc2)c(C)o1. The summed E-state index contributed by atoms with van der Waals surface area (Å²) in [5.41, 5.74) is 2.93. The van der Waals surface area contributed by atoms with Crippen LogP contribution in [0.5, 0.6) is 5.75 Å². The summed E-state index contributed by atoms with van der Waals surface area (Å²) in [7, 11) is 0. The summed E-state index contributed by atoms with van der Waals surface area (Å²) >= 11 is 0. The number of aliphatic hydroxyl groups is 1. The maximum atomic E-state index is 9.44. The lowest BCUT2D eigenvalue weighted by Crippen LogP contribution is -2.26. The normalized spacial score (nSPS) is 11.1. The smallest absolute Gasteiger partial charge is 0.230 e. The third kappa shape index (κ3) is 4.96. The van der Waals surface area contributed by atoms with Gasteiger partial charge < -0.3 is 14.3 Å². The molecule has 2 aromatic carbocycles. The molecule has 0 radical (unpaired) electrons. The monoisotopic (exact) mass is 366 g/mol. The van der Waals surface area contributed by atoms with Gasteiger partial charge in [-0.25, -0.2) is 4.98 Å². The Balaban J connectivity index is 1.81. The van der Waals surface area contributed by atoms with Gasteiger partial charge >= 0.3 is 0 Å². The highest BCUT2D eigenvalue weighted by Crippen LogP contribution is 2.31. The number of aromatic nitrogens is 1. The Morgan fingerprint density at radius 2 is 1.78 bits per heavy atom. The summed E-state index contributed by atoms with van der Waals surface area (Å²) in [6.07, 6.45) is 0. The van der Waals surface area contributed by atoms with E-state index in [-0.39, 0.29) is 6.61 Å². The molecule has 0 aliphatic carbocycles. The molecule has 3 rings (SSSR count). The highest BCUT2D eigenvalue weighted by Gasteiger charge is 2.17. The Bertz CT molecular complexity index is 846. The fourth-order valence-electron chi connectivity index (χ4n) is 3.02. The number of hydrogen-bond acceptors (Lipinski definition) is 5. The van der Waals surface area contributed by atoms with Gasteiger partial charge in [0.05, 0.1) is 24.5 Å². The van der Waals surface area contributed by atoms with Crippen molar-refractivity contribution >= 4 is 0 Å². The van der Waals surface area contributed by atoms with Gasteiger partial charge in [0, 0.05) is 19.6 Å². The number of para-hydroxylation sites is 1. The molecule has 0 unspecified atom stereocenters. The summed E-state index contributed by atoms with van der Waals surface area (Å²) in [4.78, 5) is 6.88. The Morgan fingerprint density at radius 1 is 1.04 bits per heavy atom. The molecule has 0 bridgehead atoms. The highest BCUT2D eigenvalue weighted by molar-refractivity contribution is 5.63. The maximum absolute atomic E-state index is 9.44. The van der Waals surface area contributed by atoms with E-state index in [2.05, 4.69) is 17.0 Å². The molecule has 0 spiro atoms. The van der Waals surface area contributed by atoms with Crippen LogP contribution in [0.1, 0.15) is 23.9 Å². The van der Waals surface area contributed by atoms with Gasteiger partial charge in [-0.15, -0.1) is 0 Å². The van der Waals surface area contributed by atoms with Gasteiger partial charge in [-0.05, 0) is 31.5 Å². The molecule has 1 N–H and O–H groups in total. The third-order valence-corrected chi connectivity index (χ3v) is 4.35. The Hall–Kier alpha value is -2.63. The van der Waals surface area contributed by atoms with Crippen molar-refractivity contribution in [2.75, 3.05) is 19.8 Å². The summed E-state index contributed by atoms with van der Waals surface area (Å²) in [5.74, 6) is 2.12. The van der Waals surface area contributed by atoms with Crippen molar-refractivity contribution in [3.8, 4) is 17.2 Å². The molecule has 0 fully saturated rings. The summed E-state index contributed by atoms with van der Waals surface area (Å²) < 4.78 is 11.6. The van der Waals surface area contributed by atoms with E-state index in [1.807, 2.05) is 56.3 Å². The van der Waals surface area contributed by atoms with Crippen molar-refractivity contribution in [2.24, 2.45) is 0 Å². The first-order chi connectivity index (χ1) is 13.2. The van der Waals surface area contributed by atoms with E-state index in [0.717, 1.165) is 29.3 Å². The minimum Gasteiger partial charge on any atom is -0.493 e. The van der Waals surface area contributed by atoms with Crippen LogP contribution in [0.15, 0.2) is 59.0 Å². The third-order valence-electron chi connectivity index (χ3n) is 4.35. The van der Waals surface area contributed by atoms with Gasteiger partial charge in [-0.2, -0.15) is 0 Å². The van der Waals surface area contributed by atoms with Gasteiger partial charge in [-0.1, -0.05) is 42.5 Å². The highest BCUT2D eigenvalue weighted by atomic mass is 16.5. The van der Waals surface area contributed by atoms with E-state index in [9.17, 15) is 5.11 Å². The molecule has 0 saturated heterocycles. The average molecular weight is 366 g/mol. The van der Waals surface area contributed by atoms with Crippen LogP contribution < -0.4 is 4.74 Å². The Labute approximate surface area is 160 Å². The van der Waals surface area contributed by atoms with E-state index in [1.165, 1.54) is 5.56 Å². The first-order valence-corrected chi connectivity index (χ1v) is 9.27. The molecule has 0 saturated carbocycles. The first-order valence-electron chi connectivity index (χ1n) is 9.27. The van der Waals surface area contributed by atoms with Gasteiger partial charge in [0.2, 0.25) is 5.89 Å². The van der Waals surface area contributed by atoms with E-state index >= 15 is 0 Å². The van der Waals surface area contributed by atoms with E-state index in [0.29, 0.717) is 25.6 Å². The number of rotatable bonds is 9. The van der Waals surface area contributed by atoms with Gasteiger partial charge in [0.1, 0.15) is 11.5 Å². The quantitative estimate of drug-likeness (QED) is 0.619. The number of aryl methyl sites for hydroxylation is 1. The number of nitrogens with zero attached hydrogens (tertiary/aromatic N) is 2. The molecule has 27 heavy (non-hydrogen) atoms. The fraction of sp³-hybridized carbons (Fsp3) is 0.318. The molecule has 1 heterocycles. The predicted octanol–water partition coefficient (Wildman–Crippen LogP) is 4.04. The molecule has 5 heteroatoms. The largest absolute Gasteiger partial charge is 0.493 e. The zero-order valence-electron chi connectivity index (χ0n) is 15.9. The van der Waals surface area contributed by atoms with Crippen LogP contribution in [0.3, 0.4) is 0 Å². The van der Waals surface area contributed by atoms with Crippen molar-refractivity contribution in [1.29, 1.82) is 0 Å². The number of ether oxygens (including phenoxy) is 1. The average Bonchev–Trinajstić information content (AvgIpc) is 3.04. The van der Waals surface area contributed by atoms with Crippen LogP contribution in [0.2, 0.25) is 0 Å². The number of hydrogen-bond donors (Lipinski definition) is 1. The Kier molecular flexibility index (Phi) is 6.63. The second-order valence-corrected chi connectivity index (χ2v) is 6.37. The van der Waals surface area contributed by atoms with Crippen LogP contribution >= 0.6 is 0 Å². The number of oxazole rings is 1. The van der Waals surface area contributed by atoms with Crippen molar-refractivity contribution < 1.29 is 14.3 Å². The van der Waals surface area contributed by atoms with Crippen molar-refractivity contribution in [3.63, 3.8) is 0 Å². The standard InChI is InChI=1S/C22H26N2O3/c1-3-26-21-12-8-7-11-19(21)22-23-20(17(2)27-22)16-24(13-14-25)15-18-9-5-4-6-10-18/h4-12,25H,3,13-16H2,1-2H3. The molecule has 5 nitrogen and oxygen atoms in total. The van der Waals surface area contributed by atoms with Crippen molar-refractivity contribution in [2.45, 2.75) is 26.9 Å². The second-order valence-electron chi connectivity index (χ2n) is 6.37. The zero-order chi connectivity index (χ0) is 19.1. The molecule has 0 amide bonds. The summed E-state index contributed by atoms with van der Waals surface area (Å²) in [6, 6.07) is 18.0. The fourth-order valence-corrected chi connectivity index (χ4v) is 3.02. The lowest BCUT2D eigenvalue weighted by molar-refractivity contribution is 0.182. The van der Waals surface area contributed by atoms with Crippen LogP contribution in [-0.4, -0.2) is 34.7 Å². The van der Waals surface area contributed by atoms with Gasteiger partial charge in [-0.3, -0.25) is 4.90 Å². The predicted molar refractivity (Wildman–Crippen MR) is 105 cm³/mol. The molecule has 3 aromatic rings. The molecular formula is C22H26N2O3. The van der Waals surface area contributed by atoms with Crippen molar-refractivity contribution in [1.82, 2.24) is 9.88 Å². The second kappa shape index (κ2) is 9.35. The van der Waals surface area contributed by atoms with E-state index in [4.69, 9.17) is 14.1 Å². The van der Waals surface area contributed by atoms with E-state index < -0.39 is 0 Å². The van der Waals surface area contributed by atoms with Gasteiger partial charge in [0.25, 0.3) is 0 Å². The number of benzene rings is 2. The molecule has 0 aliphatic heterocycles. The zero-order valence-corrected chi connectivity index (χ0v) is 15.9. The van der Waals surface area contributed by atoms with E-state index in [1.54, 1.807) is 0 Å². The van der Waals surface area contributed by atoms with Crippen LogP contribution in [0.4, 0.5) is 0 Å². The Morgan fingerprint density at radius 3 is 2.52 bits per heavy atom. The lowest BCUT2D eigenvalue weighted by atomic mass is 10.2. The van der Waals surface area contributed by atoms with Crippen LogP contribution in [0, 0.1) is 6.92 Å². The summed E-state index contributed by atoms with van der Waals surface area (Å²) in [5, 5.41) is 9.44. The molecule has 0 atom stereocenters. The molecule has 1 aromatic heterocycles. The molecular weight excluding hydrogens is 340 g/mol. The topological polar surface area (TPSA) is 58.7 Å². The van der Waals surface area contributed by atoms with Crippen molar-refractivity contribution in [3.05, 3.63) is 71.6 Å². The number of aliphatic hydroxyl groups excluding tert-OH is 1. The lowest BCUT2D eigenvalue weighted by Gasteiger charge is -2.20. The van der Waals surface area contributed by atoms with Gasteiger partial charge in [0.15, 0.2) is 0 Å². The molecule has 0 aliphatic rings. The van der Waals surface area contributed by atoms with Crippen LogP contribution in [-0.2, 0) is 13.1 Å². The molecule has 142 valence electrons. The first kappa shape index (κ1) is 19.1. The maximum Gasteiger partial charge on any atom is 0.230 e. The minimum atomic E-state index is 0.101. The summed E-state index contributed by atoms with van der Waals surface area (Å²) in [6.45, 7) is 6.51. The van der Waals surface area contributed by atoms with Crippen LogP contribution in [0.25, 0.3) is 11.5 Å².